The fraction of sp³-hybridized carbons (Fsp3) is 0.333. The summed E-state index contributed by atoms with van der Waals surface area (Å²) < 4.78 is 0. The van der Waals surface area contributed by atoms with Crippen LogP contribution >= 0.6 is 11.3 Å². The molecule has 104 valence electrons. The lowest BCUT2D eigenvalue weighted by molar-refractivity contribution is -0.129. The standard InChI is InChI=1S/C15H17N3OS/c19-15(9-14-4-2-8-20-14)18-7-5-13(11-18)17-12-3-1-6-16-10-12/h1-4,6,8,10,13,17H,5,7,9,11H2/t13-/m1/s1. The number of thiophene rings is 1. The largest absolute Gasteiger partial charge is 0.379 e. The van der Waals surface area contributed by atoms with Gasteiger partial charge < -0.3 is 10.2 Å². The summed E-state index contributed by atoms with van der Waals surface area (Å²) in [5, 5.41) is 5.44. The van der Waals surface area contributed by atoms with Gasteiger partial charge in [-0.1, -0.05) is 6.07 Å². The highest BCUT2D eigenvalue weighted by atomic mass is 32.1. The van der Waals surface area contributed by atoms with Gasteiger partial charge in [0.2, 0.25) is 5.91 Å². The molecule has 1 fully saturated rings. The number of carbonyl (C=O) groups is 1. The lowest BCUT2D eigenvalue weighted by Crippen LogP contribution is -2.32. The number of carbonyl (C=O) groups excluding carboxylic acids is 1. The molecule has 1 saturated heterocycles. The zero-order valence-corrected chi connectivity index (χ0v) is 12.0. The second-order valence-corrected chi connectivity index (χ2v) is 6.00. The Balaban J connectivity index is 1.53. The minimum Gasteiger partial charge on any atom is -0.379 e. The maximum Gasteiger partial charge on any atom is 0.227 e. The van der Waals surface area contributed by atoms with Crippen molar-refractivity contribution >= 4 is 22.9 Å². The molecule has 2 aromatic heterocycles. The van der Waals surface area contributed by atoms with E-state index in [4.69, 9.17) is 0 Å². The molecule has 4 nitrogen and oxygen atoms in total. The van der Waals surface area contributed by atoms with Crippen molar-refractivity contribution < 1.29 is 4.79 Å². The summed E-state index contributed by atoms with van der Waals surface area (Å²) >= 11 is 1.64. The maximum atomic E-state index is 12.2. The lowest BCUT2D eigenvalue weighted by atomic mass is 10.2. The molecule has 0 spiro atoms. The van der Waals surface area contributed by atoms with Crippen molar-refractivity contribution in [2.45, 2.75) is 18.9 Å². The van der Waals surface area contributed by atoms with Crippen molar-refractivity contribution in [3.8, 4) is 0 Å². The number of hydrogen-bond donors (Lipinski definition) is 1. The van der Waals surface area contributed by atoms with E-state index in [-0.39, 0.29) is 5.91 Å². The van der Waals surface area contributed by atoms with Gasteiger partial charge >= 0.3 is 0 Å². The summed E-state index contributed by atoms with van der Waals surface area (Å²) in [4.78, 5) is 19.4. The number of hydrogen-bond acceptors (Lipinski definition) is 4. The molecule has 0 unspecified atom stereocenters. The molecule has 3 heterocycles. The normalized spacial score (nSPS) is 18.2. The van der Waals surface area contributed by atoms with Crippen molar-refractivity contribution in [2.75, 3.05) is 18.4 Å². The SMILES string of the molecule is O=C(Cc1cccs1)N1CC[C@@H](Nc2cccnc2)C1. The number of likely N-dealkylation sites (tertiary alicyclic amines) is 1. The predicted octanol–water partition coefficient (Wildman–Crippen LogP) is 2.40. The first-order valence-electron chi connectivity index (χ1n) is 6.78. The number of nitrogens with zero attached hydrogens (tertiary/aromatic N) is 2. The third-order valence-corrected chi connectivity index (χ3v) is 4.36. The van der Waals surface area contributed by atoms with E-state index < -0.39 is 0 Å². The van der Waals surface area contributed by atoms with Crippen LogP contribution in [0.5, 0.6) is 0 Å². The summed E-state index contributed by atoms with van der Waals surface area (Å²) in [6.45, 7) is 1.61. The average Bonchev–Trinajstić information content (AvgIpc) is 3.11. The minimum absolute atomic E-state index is 0.225. The van der Waals surface area contributed by atoms with Crippen molar-refractivity contribution in [3.05, 3.63) is 46.9 Å². The molecule has 1 amide bonds. The van der Waals surface area contributed by atoms with Crippen LogP contribution in [0.4, 0.5) is 5.69 Å². The summed E-state index contributed by atoms with van der Waals surface area (Å²) in [7, 11) is 0. The van der Waals surface area contributed by atoms with Gasteiger partial charge in [0.15, 0.2) is 0 Å². The molecule has 0 bridgehead atoms. The van der Waals surface area contributed by atoms with Crippen molar-refractivity contribution in [2.24, 2.45) is 0 Å². The Kier molecular flexibility index (Phi) is 3.97. The highest BCUT2D eigenvalue weighted by molar-refractivity contribution is 7.10. The molecule has 5 heteroatoms. The van der Waals surface area contributed by atoms with Gasteiger partial charge in [0.1, 0.15) is 0 Å². The molecule has 0 radical (unpaired) electrons. The van der Waals surface area contributed by atoms with Crippen LogP contribution in [-0.4, -0.2) is 34.9 Å². The van der Waals surface area contributed by atoms with Gasteiger partial charge in [-0.3, -0.25) is 9.78 Å². The molecule has 0 aliphatic carbocycles. The van der Waals surface area contributed by atoms with E-state index in [1.54, 1.807) is 17.5 Å². The monoisotopic (exact) mass is 287 g/mol. The Morgan fingerprint density at radius 1 is 1.45 bits per heavy atom. The first kappa shape index (κ1) is 13.1. The molecule has 0 aromatic carbocycles. The number of nitrogens with one attached hydrogen (secondary N) is 1. The molecule has 0 saturated carbocycles. The Morgan fingerprint density at radius 2 is 2.40 bits per heavy atom. The van der Waals surface area contributed by atoms with Crippen LogP contribution in [0.3, 0.4) is 0 Å². The average molecular weight is 287 g/mol. The number of pyridine rings is 1. The Morgan fingerprint density at radius 3 is 3.15 bits per heavy atom. The topological polar surface area (TPSA) is 45.2 Å². The van der Waals surface area contributed by atoms with Crippen LogP contribution in [0.25, 0.3) is 0 Å². The second kappa shape index (κ2) is 6.05. The smallest absolute Gasteiger partial charge is 0.227 e. The first-order chi connectivity index (χ1) is 9.81. The third-order valence-electron chi connectivity index (χ3n) is 3.48. The van der Waals surface area contributed by atoms with Crippen LogP contribution in [-0.2, 0) is 11.2 Å². The maximum absolute atomic E-state index is 12.2. The Labute approximate surface area is 122 Å². The van der Waals surface area contributed by atoms with Crippen LogP contribution in [0, 0.1) is 0 Å². The summed E-state index contributed by atoms with van der Waals surface area (Å²) in [6.07, 6.45) is 5.09. The van der Waals surface area contributed by atoms with E-state index in [1.807, 2.05) is 40.7 Å². The van der Waals surface area contributed by atoms with Crippen LogP contribution in [0.2, 0.25) is 0 Å². The second-order valence-electron chi connectivity index (χ2n) is 4.97. The Bertz CT molecular complexity index is 556. The minimum atomic E-state index is 0.225. The van der Waals surface area contributed by atoms with E-state index in [0.717, 1.165) is 30.1 Å². The van der Waals surface area contributed by atoms with Gasteiger partial charge in [0.25, 0.3) is 0 Å². The van der Waals surface area contributed by atoms with Gasteiger partial charge in [0, 0.05) is 36.4 Å². The molecule has 20 heavy (non-hydrogen) atoms. The Hall–Kier alpha value is -1.88. The molecular formula is C15H17N3OS. The van der Waals surface area contributed by atoms with E-state index in [9.17, 15) is 4.79 Å². The van der Waals surface area contributed by atoms with Crippen molar-refractivity contribution in [1.82, 2.24) is 9.88 Å². The highest BCUT2D eigenvalue weighted by Gasteiger charge is 2.26. The van der Waals surface area contributed by atoms with E-state index >= 15 is 0 Å². The van der Waals surface area contributed by atoms with Gasteiger partial charge in [-0.25, -0.2) is 0 Å². The van der Waals surface area contributed by atoms with Gasteiger partial charge in [-0.05, 0) is 30.0 Å². The quantitative estimate of drug-likeness (QED) is 0.939. The predicted molar refractivity (Wildman–Crippen MR) is 80.9 cm³/mol. The number of aromatic nitrogens is 1. The third kappa shape index (κ3) is 3.17. The number of rotatable bonds is 4. The van der Waals surface area contributed by atoms with Crippen molar-refractivity contribution in [3.63, 3.8) is 0 Å². The van der Waals surface area contributed by atoms with Crippen molar-refractivity contribution in [1.29, 1.82) is 0 Å². The molecule has 1 atom stereocenters. The van der Waals surface area contributed by atoms with Gasteiger partial charge in [0.05, 0.1) is 12.1 Å². The summed E-state index contributed by atoms with van der Waals surface area (Å²) in [5.41, 5.74) is 1.02. The first-order valence-corrected chi connectivity index (χ1v) is 7.66. The fourth-order valence-corrected chi connectivity index (χ4v) is 3.16. The summed E-state index contributed by atoms with van der Waals surface area (Å²) in [6, 6.07) is 8.25. The zero-order chi connectivity index (χ0) is 13.8. The molecule has 2 aromatic rings. The van der Waals surface area contributed by atoms with E-state index in [0.29, 0.717) is 12.5 Å². The highest BCUT2D eigenvalue weighted by Crippen LogP contribution is 2.17. The summed E-state index contributed by atoms with van der Waals surface area (Å²) in [5.74, 6) is 0.225. The van der Waals surface area contributed by atoms with Crippen LogP contribution in [0.1, 0.15) is 11.3 Å². The molecule has 1 N–H and O–H groups in total. The molecule has 1 aliphatic heterocycles. The van der Waals surface area contributed by atoms with Gasteiger partial charge in [-0.2, -0.15) is 0 Å². The fourth-order valence-electron chi connectivity index (χ4n) is 2.46. The molecule has 1 aliphatic rings. The van der Waals surface area contributed by atoms with Crippen LogP contribution < -0.4 is 5.32 Å². The number of amides is 1. The molecule has 3 rings (SSSR count). The van der Waals surface area contributed by atoms with Crippen LogP contribution in [0.15, 0.2) is 42.0 Å². The lowest BCUT2D eigenvalue weighted by Gasteiger charge is -2.17. The van der Waals surface area contributed by atoms with E-state index in [1.165, 1.54) is 0 Å². The zero-order valence-electron chi connectivity index (χ0n) is 11.2. The molecular weight excluding hydrogens is 270 g/mol. The van der Waals surface area contributed by atoms with Gasteiger partial charge in [-0.15, -0.1) is 11.3 Å². The van der Waals surface area contributed by atoms with E-state index in [2.05, 4.69) is 10.3 Å². The number of anilines is 1.